The third kappa shape index (κ3) is 2.94. The molecule has 2 aromatic heterocycles. The summed E-state index contributed by atoms with van der Waals surface area (Å²) >= 11 is 1.50. The summed E-state index contributed by atoms with van der Waals surface area (Å²) in [4.78, 5) is 28.8. The highest BCUT2D eigenvalue weighted by molar-refractivity contribution is 7.18. The topological polar surface area (TPSA) is 44.0 Å². The summed E-state index contributed by atoms with van der Waals surface area (Å²) in [7, 11) is 0. The van der Waals surface area contributed by atoms with Gasteiger partial charge in [-0.2, -0.15) is 0 Å². The fraction of sp³-hybridized carbons (Fsp3) is 0.250. The Balaban J connectivity index is 1.81. The highest BCUT2D eigenvalue weighted by Gasteiger charge is 2.25. The summed E-state index contributed by atoms with van der Waals surface area (Å²) in [5, 5.41) is 0.614. The largest absolute Gasteiger partial charge is 0.337 e. The number of aromatic nitrogens is 2. The zero-order chi connectivity index (χ0) is 20.8. The normalized spacial score (nSPS) is 13.1. The average molecular weight is 421 g/mol. The fourth-order valence-corrected chi connectivity index (χ4v) is 5.62. The first kappa shape index (κ1) is 19.0. The van der Waals surface area contributed by atoms with E-state index < -0.39 is 5.69 Å². The summed E-state index contributed by atoms with van der Waals surface area (Å²) in [5.74, 6) is -0.355. The fourth-order valence-electron chi connectivity index (χ4n) is 4.25. The molecule has 0 N–H and O–H groups in total. The van der Waals surface area contributed by atoms with E-state index in [1.165, 1.54) is 26.8 Å². The Bertz CT molecular complexity index is 1380. The van der Waals surface area contributed by atoms with Crippen LogP contribution in [0.3, 0.4) is 0 Å². The van der Waals surface area contributed by atoms with E-state index in [1.54, 1.807) is 22.8 Å². The monoisotopic (exact) mass is 420 g/mol. The summed E-state index contributed by atoms with van der Waals surface area (Å²) in [6, 6.07) is 14.0. The molecule has 1 aliphatic carbocycles. The van der Waals surface area contributed by atoms with Gasteiger partial charge in [-0.3, -0.25) is 9.36 Å². The molecule has 0 spiro atoms. The van der Waals surface area contributed by atoms with E-state index in [-0.39, 0.29) is 17.9 Å². The number of hydrogen-bond acceptors (Lipinski definition) is 3. The Hall–Kier alpha value is -2.99. The standard InChI is InChI=1S/C24H21FN2O2S/c1-2-15-10-12-17(13-11-15)27-22(28)21-18-7-5-9-20(18)30-23(21)26(24(27)29)14-16-6-3-4-8-19(16)25/h3-4,6,8,10-13H,2,5,7,9,14H2,1H3. The van der Waals surface area contributed by atoms with Crippen LogP contribution in [-0.4, -0.2) is 9.13 Å². The van der Waals surface area contributed by atoms with Crippen molar-refractivity contribution in [1.82, 2.24) is 9.13 Å². The second kappa shape index (κ2) is 7.36. The molecule has 0 unspecified atom stereocenters. The van der Waals surface area contributed by atoms with Gasteiger partial charge in [0, 0.05) is 10.4 Å². The summed E-state index contributed by atoms with van der Waals surface area (Å²) < 4.78 is 17.2. The highest BCUT2D eigenvalue weighted by Crippen LogP contribution is 2.35. The molecule has 152 valence electrons. The zero-order valence-corrected chi connectivity index (χ0v) is 17.5. The van der Waals surface area contributed by atoms with Gasteiger partial charge in [0.25, 0.3) is 5.56 Å². The van der Waals surface area contributed by atoms with Gasteiger partial charge in [0.15, 0.2) is 0 Å². The lowest BCUT2D eigenvalue weighted by atomic mass is 10.1. The molecule has 30 heavy (non-hydrogen) atoms. The van der Waals surface area contributed by atoms with Crippen molar-refractivity contribution in [3.05, 3.63) is 96.8 Å². The van der Waals surface area contributed by atoms with Crippen LogP contribution in [0.1, 0.15) is 34.9 Å². The SMILES string of the molecule is CCc1ccc(-n2c(=O)c3c4c(sc3n(Cc3ccccc3F)c2=O)CCC4)cc1. The van der Waals surface area contributed by atoms with E-state index in [9.17, 15) is 14.0 Å². The Kier molecular flexibility index (Phi) is 4.66. The van der Waals surface area contributed by atoms with Gasteiger partial charge in [-0.1, -0.05) is 37.3 Å². The van der Waals surface area contributed by atoms with Crippen molar-refractivity contribution < 1.29 is 4.39 Å². The molecule has 4 aromatic rings. The van der Waals surface area contributed by atoms with Gasteiger partial charge >= 0.3 is 5.69 Å². The number of nitrogens with zero attached hydrogens (tertiary/aromatic N) is 2. The summed E-state index contributed by atoms with van der Waals surface area (Å²) in [5.41, 5.74) is 2.46. The first-order valence-corrected chi connectivity index (χ1v) is 11.0. The predicted octanol–water partition coefficient (Wildman–Crippen LogP) is 4.45. The molecular weight excluding hydrogens is 399 g/mol. The van der Waals surface area contributed by atoms with Crippen LogP contribution in [0.15, 0.2) is 58.1 Å². The number of aryl methyl sites for hydroxylation is 3. The van der Waals surface area contributed by atoms with Crippen molar-refractivity contribution in [2.24, 2.45) is 0 Å². The van der Waals surface area contributed by atoms with Gasteiger partial charge in [0.2, 0.25) is 0 Å². The van der Waals surface area contributed by atoms with Crippen molar-refractivity contribution in [3.63, 3.8) is 0 Å². The molecule has 0 saturated carbocycles. The molecule has 0 saturated heterocycles. The second-order valence-corrected chi connectivity index (χ2v) is 8.74. The molecule has 2 heterocycles. The van der Waals surface area contributed by atoms with Crippen molar-refractivity contribution >= 4 is 21.6 Å². The molecule has 0 fully saturated rings. The maximum absolute atomic E-state index is 14.4. The predicted molar refractivity (Wildman–Crippen MR) is 119 cm³/mol. The minimum atomic E-state index is -0.431. The quantitative estimate of drug-likeness (QED) is 0.490. The molecule has 0 radical (unpaired) electrons. The van der Waals surface area contributed by atoms with E-state index in [4.69, 9.17) is 0 Å². The lowest BCUT2D eigenvalue weighted by molar-refractivity contribution is 0.595. The molecule has 6 heteroatoms. The van der Waals surface area contributed by atoms with Crippen molar-refractivity contribution in [2.75, 3.05) is 0 Å². The van der Waals surface area contributed by atoms with Crippen molar-refractivity contribution in [3.8, 4) is 5.69 Å². The van der Waals surface area contributed by atoms with E-state index in [0.717, 1.165) is 36.8 Å². The van der Waals surface area contributed by atoms with E-state index in [0.29, 0.717) is 21.5 Å². The maximum Gasteiger partial charge on any atom is 0.337 e. The van der Waals surface area contributed by atoms with Crippen LogP contribution in [0.4, 0.5) is 4.39 Å². The lowest BCUT2D eigenvalue weighted by Crippen LogP contribution is -2.39. The minimum Gasteiger partial charge on any atom is -0.279 e. The molecular formula is C24H21FN2O2S. The molecule has 0 amide bonds. The number of fused-ring (bicyclic) bond motifs is 3. The number of benzene rings is 2. The molecule has 1 aliphatic rings. The van der Waals surface area contributed by atoms with E-state index in [1.807, 2.05) is 24.3 Å². The van der Waals surface area contributed by atoms with Crippen LogP contribution in [-0.2, 0) is 25.8 Å². The Morgan fingerprint density at radius 3 is 2.53 bits per heavy atom. The van der Waals surface area contributed by atoms with Crippen molar-refractivity contribution in [2.45, 2.75) is 39.2 Å². The minimum absolute atomic E-state index is 0.0920. The number of halogens is 1. The van der Waals surface area contributed by atoms with Crippen LogP contribution in [0.5, 0.6) is 0 Å². The second-order valence-electron chi connectivity index (χ2n) is 7.66. The van der Waals surface area contributed by atoms with Crippen molar-refractivity contribution in [1.29, 1.82) is 0 Å². The molecule has 5 rings (SSSR count). The smallest absolute Gasteiger partial charge is 0.279 e. The Morgan fingerprint density at radius 2 is 1.80 bits per heavy atom. The van der Waals surface area contributed by atoms with Gasteiger partial charge in [0.05, 0.1) is 17.6 Å². The van der Waals surface area contributed by atoms with Crippen LogP contribution >= 0.6 is 11.3 Å². The van der Waals surface area contributed by atoms with Crippen LogP contribution in [0, 0.1) is 5.82 Å². The Morgan fingerprint density at radius 1 is 1.03 bits per heavy atom. The van der Waals surface area contributed by atoms with Gasteiger partial charge in [-0.05, 0) is 55.0 Å². The third-order valence-corrected chi connectivity index (χ3v) is 7.19. The first-order valence-electron chi connectivity index (χ1n) is 10.2. The summed E-state index contributed by atoms with van der Waals surface area (Å²) in [6.07, 6.45) is 3.67. The average Bonchev–Trinajstić information content (AvgIpc) is 3.34. The lowest BCUT2D eigenvalue weighted by Gasteiger charge is -2.13. The van der Waals surface area contributed by atoms with Gasteiger partial charge < -0.3 is 0 Å². The number of thiophene rings is 1. The van der Waals surface area contributed by atoms with Gasteiger partial charge in [0.1, 0.15) is 10.6 Å². The van der Waals surface area contributed by atoms with Crippen LogP contribution in [0.25, 0.3) is 15.9 Å². The third-order valence-electron chi connectivity index (χ3n) is 5.88. The molecule has 4 nitrogen and oxygen atoms in total. The van der Waals surface area contributed by atoms with Crippen LogP contribution < -0.4 is 11.2 Å². The molecule has 0 atom stereocenters. The zero-order valence-electron chi connectivity index (χ0n) is 16.7. The van der Waals surface area contributed by atoms with E-state index in [2.05, 4.69) is 6.92 Å². The maximum atomic E-state index is 14.4. The Labute approximate surface area is 176 Å². The first-order chi connectivity index (χ1) is 14.6. The van der Waals surface area contributed by atoms with Gasteiger partial charge in [-0.25, -0.2) is 13.8 Å². The number of rotatable bonds is 4. The molecule has 0 bridgehead atoms. The van der Waals surface area contributed by atoms with E-state index >= 15 is 0 Å². The van der Waals surface area contributed by atoms with Gasteiger partial charge in [-0.15, -0.1) is 11.3 Å². The number of hydrogen-bond donors (Lipinski definition) is 0. The van der Waals surface area contributed by atoms with Crippen LogP contribution in [0.2, 0.25) is 0 Å². The highest BCUT2D eigenvalue weighted by atomic mass is 32.1. The molecule has 0 aliphatic heterocycles. The molecule has 2 aromatic carbocycles. The summed E-state index contributed by atoms with van der Waals surface area (Å²) in [6.45, 7) is 2.15.